The molecule has 5 heteroatoms. The number of hydrogen-bond acceptors (Lipinski definition) is 5. The van der Waals surface area contributed by atoms with Crippen molar-refractivity contribution in [2.75, 3.05) is 13.7 Å². The Hall–Kier alpha value is -2.14. The molecule has 0 aliphatic carbocycles. The maximum absolute atomic E-state index is 12.0. The van der Waals surface area contributed by atoms with E-state index in [1.54, 1.807) is 0 Å². The number of piperidine rings is 1. The molecule has 1 aliphatic rings. The minimum absolute atomic E-state index is 0.158. The fraction of sp³-hybridized carbons (Fsp3) is 0.474. The second kappa shape index (κ2) is 7.18. The lowest BCUT2D eigenvalue weighted by Gasteiger charge is -2.33. The van der Waals surface area contributed by atoms with Crippen molar-refractivity contribution in [2.45, 2.75) is 45.7 Å². The van der Waals surface area contributed by atoms with Crippen LogP contribution in [-0.2, 0) is 16.1 Å². The van der Waals surface area contributed by atoms with Crippen LogP contribution >= 0.6 is 0 Å². The highest BCUT2D eigenvalue weighted by Gasteiger charge is 2.30. The van der Waals surface area contributed by atoms with Gasteiger partial charge < -0.3 is 9.15 Å². The van der Waals surface area contributed by atoms with E-state index in [2.05, 4.69) is 16.8 Å². The zero-order chi connectivity index (χ0) is 17.1. The van der Waals surface area contributed by atoms with E-state index in [9.17, 15) is 4.79 Å². The van der Waals surface area contributed by atoms with Crippen molar-refractivity contribution < 1.29 is 13.9 Å². The Kier molecular flexibility index (Phi) is 5.00. The quantitative estimate of drug-likeness (QED) is 0.804. The summed E-state index contributed by atoms with van der Waals surface area (Å²) in [6.07, 6.45) is 2.99. The molecule has 1 aromatic heterocycles. The van der Waals surface area contributed by atoms with E-state index >= 15 is 0 Å². The number of carbonyl (C=O) groups excluding carboxylic acids is 1. The van der Waals surface area contributed by atoms with Crippen LogP contribution in [0, 0.1) is 13.8 Å². The van der Waals surface area contributed by atoms with E-state index in [-0.39, 0.29) is 12.0 Å². The van der Waals surface area contributed by atoms with Crippen molar-refractivity contribution in [2.24, 2.45) is 0 Å². The number of oxazole rings is 1. The number of nitrogens with zero attached hydrogens (tertiary/aromatic N) is 2. The van der Waals surface area contributed by atoms with E-state index in [0.717, 1.165) is 42.8 Å². The van der Waals surface area contributed by atoms with Gasteiger partial charge >= 0.3 is 5.97 Å². The first kappa shape index (κ1) is 16.7. The number of esters is 1. The molecule has 2 heterocycles. The molecule has 1 fully saturated rings. The van der Waals surface area contributed by atoms with Crippen molar-refractivity contribution in [1.29, 1.82) is 0 Å². The van der Waals surface area contributed by atoms with Crippen LogP contribution in [0.5, 0.6) is 0 Å². The van der Waals surface area contributed by atoms with Crippen LogP contribution in [0.3, 0.4) is 0 Å². The number of benzene rings is 1. The van der Waals surface area contributed by atoms with Gasteiger partial charge in [0, 0.05) is 12.1 Å². The number of carbonyl (C=O) groups is 1. The maximum Gasteiger partial charge on any atom is 0.323 e. The van der Waals surface area contributed by atoms with Crippen molar-refractivity contribution in [3.05, 3.63) is 41.3 Å². The van der Waals surface area contributed by atoms with Crippen LogP contribution in [-0.4, -0.2) is 35.5 Å². The lowest BCUT2D eigenvalue weighted by molar-refractivity contribution is -0.148. The molecule has 0 spiro atoms. The van der Waals surface area contributed by atoms with E-state index in [1.807, 2.05) is 31.2 Å². The Labute approximate surface area is 142 Å². The summed E-state index contributed by atoms with van der Waals surface area (Å²) in [4.78, 5) is 18.8. The topological polar surface area (TPSA) is 55.6 Å². The van der Waals surface area contributed by atoms with E-state index in [1.165, 1.54) is 12.7 Å². The normalized spacial score (nSPS) is 18.5. The maximum atomic E-state index is 12.0. The number of likely N-dealkylation sites (tertiary alicyclic amines) is 1. The van der Waals surface area contributed by atoms with Crippen LogP contribution in [0.15, 0.2) is 28.7 Å². The lowest BCUT2D eigenvalue weighted by atomic mass is 10.0. The highest BCUT2D eigenvalue weighted by Crippen LogP contribution is 2.25. The van der Waals surface area contributed by atoms with Gasteiger partial charge in [0.15, 0.2) is 0 Å². The summed E-state index contributed by atoms with van der Waals surface area (Å²) in [5, 5.41) is 0. The molecule has 1 aliphatic heterocycles. The summed E-state index contributed by atoms with van der Waals surface area (Å²) in [6.45, 7) is 5.48. The van der Waals surface area contributed by atoms with Gasteiger partial charge in [-0.3, -0.25) is 9.69 Å². The minimum Gasteiger partial charge on any atom is -0.468 e. The van der Waals surface area contributed by atoms with Gasteiger partial charge in [-0.25, -0.2) is 4.98 Å². The molecule has 0 bridgehead atoms. The molecule has 5 nitrogen and oxygen atoms in total. The van der Waals surface area contributed by atoms with Crippen LogP contribution in [0.2, 0.25) is 0 Å². The van der Waals surface area contributed by atoms with Crippen LogP contribution in [0.4, 0.5) is 0 Å². The van der Waals surface area contributed by atoms with Gasteiger partial charge in [0.2, 0.25) is 5.89 Å². The highest BCUT2D eigenvalue weighted by atomic mass is 16.5. The highest BCUT2D eigenvalue weighted by molar-refractivity contribution is 5.75. The van der Waals surface area contributed by atoms with Crippen molar-refractivity contribution in [1.82, 2.24) is 9.88 Å². The Bertz CT molecular complexity index is 706. The molecule has 24 heavy (non-hydrogen) atoms. The van der Waals surface area contributed by atoms with E-state index in [4.69, 9.17) is 9.15 Å². The average molecular weight is 328 g/mol. The summed E-state index contributed by atoms with van der Waals surface area (Å²) < 4.78 is 10.8. The first-order chi connectivity index (χ1) is 11.6. The van der Waals surface area contributed by atoms with E-state index in [0.29, 0.717) is 12.4 Å². The zero-order valence-corrected chi connectivity index (χ0v) is 14.5. The number of hydrogen-bond donors (Lipinski definition) is 0. The predicted octanol–water partition coefficient (Wildman–Crippen LogP) is 3.49. The molecule has 1 atom stereocenters. The molecular weight excluding hydrogens is 304 g/mol. The molecule has 0 radical (unpaired) electrons. The third-order valence-electron chi connectivity index (χ3n) is 4.63. The minimum atomic E-state index is -0.178. The van der Waals surface area contributed by atoms with Crippen molar-refractivity contribution in [3.63, 3.8) is 0 Å². The summed E-state index contributed by atoms with van der Waals surface area (Å²) in [7, 11) is 1.45. The first-order valence-corrected chi connectivity index (χ1v) is 8.43. The summed E-state index contributed by atoms with van der Waals surface area (Å²) >= 11 is 0. The number of methoxy groups -OCH3 is 1. The summed E-state index contributed by atoms with van der Waals surface area (Å²) in [6, 6.07) is 7.95. The SMILES string of the molecule is COC(=O)C1CCCCN1Cc1nc(-c2ccc(C)cc2)oc1C. The molecule has 0 saturated carbocycles. The predicted molar refractivity (Wildman–Crippen MR) is 91.5 cm³/mol. The first-order valence-electron chi connectivity index (χ1n) is 8.43. The van der Waals surface area contributed by atoms with Gasteiger partial charge in [-0.1, -0.05) is 24.1 Å². The zero-order valence-electron chi connectivity index (χ0n) is 14.5. The van der Waals surface area contributed by atoms with E-state index < -0.39 is 0 Å². The molecular formula is C19H24N2O3. The molecule has 1 saturated heterocycles. The second-order valence-electron chi connectivity index (χ2n) is 6.39. The van der Waals surface area contributed by atoms with Crippen molar-refractivity contribution >= 4 is 5.97 Å². The molecule has 2 aromatic rings. The average Bonchev–Trinajstić information content (AvgIpc) is 2.96. The Morgan fingerprint density at radius 3 is 2.75 bits per heavy atom. The summed E-state index contributed by atoms with van der Waals surface area (Å²) in [5.41, 5.74) is 3.07. The molecule has 0 N–H and O–H groups in total. The van der Waals surface area contributed by atoms with Gasteiger partial charge in [-0.05, 0) is 45.4 Å². The van der Waals surface area contributed by atoms with Crippen LogP contribution < -0.4 is 0 Å². The Morgan fingerprint density at radius 2 is 2.04 bits per heavy atom. The van der Waals surface area contributed by atoms with Crippen molar-refractivity contribution in [3.8, 4) is 11.5 Å². The van der Waals surface area contributed by atoms with Gasteiger partial charge in [0.25, 0.3) is 0 Å². The molecule has 128 valence electrons. The molecule has 1 unspecified atom stereocenters. The van der Waals surface area contributed by atoms with Gasteiger partial charge in [-0.15, -0.1) is 0 Å². The third kappa shape index (κ3) is 3.51. The number of aryl methyl sites for hydroxylation is 2. The Morgan fingerprint density at radius 1 is 1.29 bits per heavy atom. The van der Waals surface area contributed by atoms with Crippen LogP contribution in [0.25, 0.3) is 11.5 Å². The molecule has 3 rings (SSSR count). The third-order valence-corrected chi connectivity index (χ3v) is 4.63. The number of ether oxygens (including phenoxy) is 1. The largest absolute Gasteiger partial charge is 0.468 e. The number of aromatic nitrogens is 1. The lowest BCUT2D eigenvalue weighted by Crippen LogP contribution is -2.44. The molecule has 1 aromatic carbocycles. The number of rotatable bonds is 4. The Balaban J connectivity index is 1.79. The second-order valence-corrected chi connectivity index (χ2v) is 6.39. The smallest absolute Gasteiger partial charge is 0.323 e. The fourth-order valence-corrected chi connectivity index (χ4v) is 3.17. The summed E-state index contributed by atoms with van der Waals surface area (Å²) in [5.74, 6) is 1.28. The van der Waals surface area contributed by atoms with Gasteiger partial charge in [-0.2, -0.15) is 0 Å². The fourth-order valence-electron chi connectivity index (χ4n) is 3.17. The monoisotopic (exact) mass is 328 g/mol. The standard InChI is InChI=1S/C19H24N2O3/c1-13-7-9-15(10-8-13)18-20-16(14(2)24-18)12-21-11-5-4-6-17(21)19(22)23-3/h7-10,17H,4-6,11-12H2,1-3H3. The van der Waals surface area contributed by atoms with Gasteiger partial charge in [0.1, 0.15) is 11.8 Å². The van der Waals surface area contributed by atoms with Crippen LogP contribution in [0.1, 0.15) is 36.3 Å². The molecule has 0 amide bonds. The van der Waals surface area contributed by atoms with Gasteiger partial charge in [0.05, 0.1) is 12.8 Å².